The molecule has 0 N–H and O–H groups in total. The van der Waals surface area contributed by atoms with Crippen molar-refractivity contribution in [1.29, 1.82) is 0 Å². The molecule has 2 aromatic carbocycles. The fraction of sp³-hybridized carbons (Fsp3) is 0.261. The van der Waals surface area contributed by atoms with Crippen LogP contribution in [-0.4, -0.2) is 35.2 Å². The molecule has 0 atom stereocenters. The zero-order valence-corrected chi connectivity index (χ0v) is 22.5. The Hall–Kier alpha value is -1.81. The van der Waals surface area contributed by atoms with Gasteiger partial charge in [0.15, 0.2) is 0 Å². The van der Waals surface area contributed by atoms with Gasteiger partial charge in [0.25, 0.3) is 11.1 Å². The lowest BCUT2D eigenvalue weighted by Gasteiger charge is -2.13. The van der Waals surface area contributed by atoms with Crippen LogP contribution in [0.15, 0.2) is 50.2 Å². The minimum Gasteiger partial charge on any atom is -0.487 e. The highest BCUT2D eigenvalue weighted by molar-refractivity contribution is 9.11. The Balaban J connectivity index is 1.70. The summed E-state index contributed by atoms with van der Waals surface area (Å²) in [6, 6.07) is 10.9. The van der Waals surface area contributed by atoms with Crippen LogP contribution in [0, 0.1) is 5.92 Å². The Bertz CT molecular complexity index is 1080. The highest BCUT2D eigenvalue weighted by Gasteiger charge is 2.36. The van der Waals surface area contributed by atoms with Gasteiger partial charge in [-0.15, -0.1) is 0 Å². The van der Waals surface area contributed by atoms with E-state index in [-0.39, 0.29) is 17.4 Å². The maximum absolute atomic E-state index is 12.7. The van der Waals surface area contributed by atoms with Crippen LogP contribution in [-0.2, 0) is 20.9 Å². The molecule has 0 saturated carbocycles. The van der Waals surface area contributed by atoms with Crippen LogP contribution in [0.3, 0.4) is 0 Å². The molecule has 1 saturated heterocycles. The van der Waals surface area contributed by atoms with Gasteiger partial charge in [0.1, 0.15) is 18.9 Å². The zero-order chi connectivity index (χ0) is 24.1. The first kappa shape index (κ1) is 25.8. The van der Waals surface area contributed by atoms with Gasteiger partial charge in [-0.1, -0.05) is 37.6 Å². The average Bonchev–Trinajstić information content (AvgIpc) is 3.00. The van der Waals surface area contributed by atoms with Gasteiger partial charge < -0.3 is 9.47 Å². The number of halogens is 3. The second-order valence-electron chi connectivity index (χ2n) is 7.57. The first-order valence-electron chi connectivity index (χ1n) is 9.91. The first-order chi connectivity index (χ1) is 15.6. The van der Waals surface area contributed by atoms with Crippen molar-refractivity contribution in [1.82, 2.24) is 4.90 Å². The van der Waals surface area contributed by atoms with Crippen LogP contribution in [0.1, 0.15) is 25.0 Å². The third-order valence-electron chi connectivity index (χ3n) is 4.35. The Labute approximate surface area is 217 Å². The summed E-state index contributed by atoms with van der Waals surface area (Å²) in [4.78, 5) is 38.0. The number of hydrogen-bond donors (Lipinski definition) is 0. The van der Waals surface area contributed by atoms with Crippen LogP contribution >= 0.6 is 55.2 Å². The Morgan fingerprint density at radius 1 is 1.15 bits per heavy atom. The van der Waals surface area contributed by atoms with Crippen LogP contribution < -0.4 is 4.74 Å². The molecule has 10 heteroatoms. The van der Waals surface area contributed by atoms with E-state index in [1.165, 1.54) is 0 Å². The van der Waals surface area contributed by atoms with E-state index in [1.54, 1.807) is 30.3 Å². The van der Waals surface area contributed by atoms with Crippen molar-refractivity contribution in [2.24, 2.45) is 5.92 Å². The molecule has 2 aromatic rings. The van der Waals surface area contributed by atoms with Gasteiger partial charge in [-0.3, -0.25) is 19.3 Å². The summed E-state index contributed by atoms with van der Waals surface area (Å²) in [6.07, 6.45) is 1.60. The average molecular weight is 618 g/mol. The molecule has 0 bridgehead atoms. The summed E-state index contributed by atoms with van der Waals surface area (Å²) in [5.74, 6) is -0.372. The van der Waals surface area contributed by atoms with E-state index in [1.807, 2.05) is 26.0 Å². The van der Waals surface area contributed by atoms with Crippen molar-refractivity contribution in [3.63, 3.8) is 0 Å². The Morgan fingerprint density at radius 2 is 1.79 bits per heavy atom. The minimum atomic E-state index is -0.611. The molecule has 3 rings (SSSR count). The molecule has 33 heavy (non-hydrogen) atoms. The largest absolute Gasteiger partial charge is 0.487 e. The SMILES string of the molecule is CC(C)COC(=O)CN1C(=O)S/C(=C/c2cc(Br)c(OCc3ccc(Cl)cc3)c(Br)c2)C1=O. The molecule has 0 unspecified atom stereocenters. The van der Waals surface area contributed by atoms with Crippen molar-refractivity contribution >= 4 is 78.4 Å². The molecular formula is C23H20Br2ClNO5S. The number of benzene rings is 2. The van der Waals surface area contributed by atoms with Crippen molar-refractivity contribution < 1.29 is 23.9 Å². The fourth-order valence-electron chi connectivity index (χ4n) is 2.76. The van der Waals surface area contributed by atoms with E-state index in [9.17, 15) is 14.4 Å². The number of carbonyl (C=O) groups excluding carboxylic acids is 3. The van der Waals surface area contributed by atoms with E-state index in [4.69, 9.17) is 21.1 Å². The lowest BCUT2D eigenvalue weighted by Crippen LogP contribution is -2.34. The highest BCUT2D eigenvalue weighted by Crippen LogP contribution is 2.38. The highest BCUT2D eigenvalue weighted by atomic mass is 79.9. The van der Waals surface area contributed by atoms with Gasteiger partial charge in [0, 0.05) is 5.02 Å². The van der Waals surface area contributed by atoms with E-state index < -0.39 is 23.7 Å². The molecule has 6 nitrogen and oxygen atoms in total. The van der Waals surface area contributed by atoms with Gasteiger partial charge in [0.05, 0.1) is 20.5 Å². The predicted octanol–water partition coefficient (Wildman–Crippen LogP) is 6.68. The van der Waals surface area contributed by atoms with Crippen LogP contribution in [0.25, 0.3) is 6.08 Å². The second-order valence-corrected chi connectivity index (χ2v) is 10.7. The number of imide groups is 1. The van der Waals surface area contributed by atoms with Crippen molar-refractivity contribution in [3.8, 4) is 5.75 Å². The third kappa shape index (κ3) is 7.09. The molecule has 2 amide bonds. The summed E-state index contributed by atoms with van der Waals surface area (Å²) in [5, 5.41) is 0.149. The second kappa shape index (κ2) is 11.6. The molecular weight excluding hydrogens is 598 g/mol. The van der Waals surface area contributed by atoms with Gasteiger partial charge >= 0.3 is 5.97 Å². The molecule has 0 radical (unpaired) electrons. The van der Waals surface area contributed by atoms with Gasteiger partial charge in [-0.2, -0.15) is 0 Å². The smallest absolute Gasteiger partial charge is 0.326 e. The number of ether oxygens (including phenoxy) is 2. The Kier molecular flexibility index (Phi) is 9.03. The predicted molar refractivity (Wildman–Crippen MR) is 136 cm³/mol. The monoisotopic (exact) mass is 615 g/mol. The quantitative estimate of drug-likeness (QED) is 0.243. The van der Waals surface area contributed by atoms with Gasteiger partial charge in [0.2, 0.25) is 0 Å². The molecule has 1 aliphatic rings. The van der Waals surface area contributed by atoms with Gasteiger partial charge in [-0.05, 0) is 91.0 Å². The van der Waals surface area contributed by atoms with E-state index in [2.05, 4.69) is 31.9 Å². The summed E-state index contributed by atoms with van der Waals surface area (Å²) < 4.78 is 12.3. The molecule has 1 heterocycles. The zero-order valence-electron chi connectivity index (χ0n) is 17.8. The maximum atomic E-state index is 12.7. The summed E-state index contributed by atoms with van der Waals surface area (Å²) in [6.45, 7) is 3.99. The standard InChI is InChI=1S/C23H20Br2ClNO5S/c1-13(2)11-31-20(28)10-27-22(29)19(33-23(27)30)9-15-7-17(24)21(18(25)8-15)32-12-14-3-5-16(26)6-4-14/h3-9,13H,10-12H2,1-2H3/b19-9+. The number of nitrogens with zero attached hydrogens (tertiary/aromatic N) is 1. The lowest BCUT2D eigenvalue weighted by atomic mass is 10.2. The Morgan fingerprint density at radius 3 is 2.39 bits per heavy atom. The minimum absolute atomic E-state index is 0.166. The normalized spacial score (nSPS) is 15.0. The van der Waals surface area contributed by atoms with Crippen molar-refractivity contribution in [2.45, 2.75) is 20.5 Å². The molecule has 1 aliphatic heterocycles. The summed E-state index contributed by atoms with van der Waals surface area (Å²) in [5.41, 5.74) is 1.64. The molecule has 0 aliphatic carbocycles. The van der Waals surface area contributed by atoms with Crippen LogP contribution in [0.2, 0.25) is 5.02 Å². The topological polar surface area (TPSA) is 72.9 Å². The van der Waals surface area contributed by atoms with Crippen LogP contribution in [0.5, 0.6) is 5.75 Å². The lowest BCUT2D eigenvalue weighted by molar-refractivity contribution is -0.147. The maximum Gasteiger partial charge on any atom is 0.326 e. The van der Waals surface area contributed by atoms with E-state index >= 15 is 0 Å². The number of carbonyl (C=O) groups is 3. The van der Waals surface area contributed by atoms with Gasteiger partial charge in [-0.25, -0.2) is 0 Å². The van der Waals surface area contributed by atoms with Crippen LogP contribution in [0.4, 0.5) is 4.79 Å². The number of amides is 2. The summed E-state index contributed by atoms with van der Waals surface area (Å²) in [7, 11) is 0. The van der Waals surface area contributed by atoms with E-state index in [0.29, 0.717) is 31.9 Å². The number of rotatable bonds is 8. The number of esters is 1. The third-order valence-corrected chi connectivity index (χ3v) is 6.69. The molecule has 174 valence electrons. The first-order valence-corrected chi connectivity index (χ1v) is 12.7. The fourth-order valence-corrected chi connectivity index (χ4v) is 5.17. The van der Waals surface area contributed by atoms with Crippen molar-refractivity contribution in [3.05, 3.63) is 66.4 Å². The molecule has 0 spiro atoms. The molecule has 0 aromatic heterocycles. The summed E-state index contributed by atoms with van der Waals surface area (Å²) >= 11 is 13.7. The number of hydrogen-bond acceptors (Lipinski definition) is 6. The number of thioether (sulfide) groups is 1. The molecule has 1 fully saturated rings. The van der Waals surface area contributed by atoms with E-state index in [0.717, 1.165) is 22.2 Å². The van der Waals surface area contributed by atoms with Crippen molar-refractivity contribution in [2.75, 3.05) is 13.2 Å².